The van der Waals surface area contributed by atoms with E-state index >= 15 is 0 Å². The van der Waals surface area contributed by atoms with E-state index in [-0.39, 0.29) is 17.4 Å². The lowest BCUT2D eigenvalue weighted by atomic mass is 9.90. The van der Waals surface area contributed by atoms with Gasteiger partial charge in [-0.15, -0.1) is 0 Å². The van der Waals surface area contributed by atoms with Crippen molar-refractivity contribution < 1.29 is 14.3 Å². The van der Waals surface area contributed by atoms with Gasteiger partial charge in [-0.25, -0.2) is 0 Å². The lowest BCUT2D eigenvalue weighted by Crippen LogP contribution is -2.53. The molecule has 2 amide bonds. The number of hydrogen-bond donors (Lipinski definition) is 2. The summed E-state index contributed by atoms with van der Waals surface area (Å²) in [6, 6.07) is 6.88. The van der Waals surface area contributed by atoms with E-state index < -0.39 is 5.60 Å². The molecule has 178 valence electrons. The zero-order valence-electron chi connectivity index (χ0n) is 20.9. The number of hydrogen-bond acceptors (Lipinski definition) is 4. The molecule has 3 atom stereocenters. The average molecular weight is 444 g/mol. The summed E-state index contributed by atoms with van der Waals surface area (Å²) in [4.78, 5) is 27.7. The summed E-state index contributed by atoms with van der Waals surface area (Å²) in [5.41, 5.74) is 1.10. The van der Waals surface area contributed by atoms with Crippen molar-refractivity contribution in [1.82, 2.24) is 15.5 Å². The Labute approximate surface area is 193 Å². The standard InChI is InChI=1S/C26H41N3O3/c1-17-10-18(2)12-22(11-17)32-26(6,7)24(31)27-15-19-13-20-8-9-21(14-19)29(20)16-23(30)28-25(3,4)5/h10-12,19-21H,8-9,13-16H2,1-7H3,(H,27,31)(H,28,30)/t19-,20-,21+. The molecule has 2 heterocycles. The molecule has 6 nitrogen and oxygen atoms in total. The van der Waals surface area contributed by atoms with Crippen LogP contribution in [-0.4, -0.2) is 53.0 Å². The Bertz CT molecular complexity index is 809. The number of benzene rings is 1. The van der Waals surface area contributed by atoms with E-state index in [2.05, 4.69) is 21.6 Å². The SMILES string of the molecule is Cc1cc(C)cc(OC(C)(C)C(=O)NC[C@@H]2C[C@H]3CC[C@@H](C2)N3CC(=O)NC(C)(C)C)c1. The second-order valence-electron chi connectivity index (χ2n) is 11.3. The quantitative estimate of drug-likeness (QED) is 0.674. The van der Waals surface area contributed by atoms with E-state index in [1.165, 1.54) is 0 Å². The Hall–Kier alpha value is -2.08. The van der Waals surface area contributed by atoms with Gasteiger partial charge in [-0.1, -0.05) is 6.07 Å². The Kier molecular flexibility index (Phi) is 7.23. The van der Waals surface area contributed by atoms with Gasteiger partial charge in [0.15, 0.2) is 5.60 Å². The molecule has 2 saturated heterocycles. The highest BCUT2D eigenvalue weighted by atomic mass is 16.5. The number of ether oxygens (including phenoxy) is 1. The summed E-state index contributed by atoms with van der Waals surface area (Å²) < 4.78 is 6.06. The van der Waals surface area contributed by atoms with Gasteiger partial charge in [0.1, 0.15) is 5.75 Å². The van der Waals surface area contributed by atoms with E-state index in [0.29, 0.717) is 31.1 Å². The summed E-state index contributed by atoms with van der Waals surface area (Å²) in [6.45, 7) is 14.9. The van der Waals surface area contributed by atoms with E-state index in [9.17, 15) is 9.59 Å². The summed E-state index contributed by atoms with van der Waals surface area (Å²) in [7, 11) is 0. The Morgan fingerprint density at radius 1 is 1.00 bits per heavy atom. The van der Waals surface area contributed by atoms with E-state index in [0.717, 1.165) is 42.6 Å². The summed E-state index contributed by atoms with van der Waals surface area (Å²) >= 11 is 0. The van der Waals surface area contributed by atoms with Crippen molar-refractivity contribution in [3.8, 4) is 5.75 Å². The van der Waals surface area contributed by atoms with Crippen LogP contribution in [-0.2, 0) is 9.59 Å². The third kappa shape index (κ3) is 6.47. The molecule has 32 heavy (non-hydrogen) atoms. The summed E-state index contributed by atoms with van der Waals surface area (Å²) in [6.07, 6.45) is 4.33. The monoisotopic (exact) mass is 443 g/mol. The van der Waals surface area contributed by atoms with Crippen LogP contribution in [0.5, 0.6) is 5.75 Å². The van der Waals surface area contributed by atoms with Crippen LogP contribution in [0.3, 0.4) is 0 Å². The minimum absolute atomic E-state index is 0.0870. The fraction of sp³-hybridized carbons (Fsp3) is 0.692. The van der Waals surface area contributed by atoms with Crippen molar-refractivity contribution in [2.75, 3.05) is 13.1 Å². The predicted molar refractivity (Wildman–Crippen MR) is 128 cm³/mol. The van der Waals surface area contributed by atoms with Gasteiger partial charge < -0.3 is 15.4 Å². The second-order valence-corrected chi connectivity index (χ2v) is 11.3. The molecule has 6 heteroatoms. The lowest BCUT2D eigenvalue weighted by Gasteiger charge is -2.39. The molecule has 0 spiro atoms. The van der Waals surface area contributed by atoms with Crippen molar-refractivity contribution in [1.29, 1.82) is 0 Å². The van der Waals surface area contributed by atoms with Crippen LogP contribution in [0, 0.1) is 19.8 Å². The largest absolute Gasteiger partial charge is 0.478 e. The highest BCUT2D eigenvalue weighted by Crippen LogP contribution is 2.38. The first-order valence-corrected chi connectivity index (χ1v) is 11.9. The number of fused-ring (bicyclic) bond motifs is 2. The highest BCUT2D eigenvalue weighted by molar-refractivity contribution is 5.84. The third-order valence-electron chi connectivity index (χ3n) is 6.49. The number of nitrogens with zero attached hydrogens (tertiary/aromatic N) is 1. The van der Waals surface area contributed by atoms with Gasteiger partial charge in [0.2, 0.25) is 5.91 Å². The molecule has 1 aromatic rings. The fourth-order valence-corrected chi connectivity index (χ4v) is 5.22. The number of aryl methyl sites for hydroxylation is 2. The van der Waals surface area contributed by atoms with Crippen LogP contribution in [0.25, 0.3) is 0 Å². The first-order valence-electron chi connectivity index (χ1n) is 11.9. The molecule has 0 aliphatic carbocycles. The van der Waals surface area contributed by atoms with Crippen molar-refractivity contribution in [2.45, 2.75) is 97.4 Å². The van der Waals surface area contributed by atoms with E-state index in [1.807, 2.05) is 60.6 Å². The molecule has 0 radical (unpaired) electrons. The number of amides is 2. The van der Waals surface area contributed by atoms with Crippen molar-refractivity contribution >= 4 is 11.8 Å². The zero-order valence-corrected chi connectivity index (χ0v) is 20.9. The van der Waals surface area contributed by atoms with Gasteiger partial charge in [0.05, 0.1) is 6.54 Å². The topological polar surface area (TPSA) is 70.7 Å². The second kappa shape index (κ2) is 9.42. The number of rotatable bonds is 7. The minimum Gasteiger partial charge on any atom is -0.478 e. The van der Waals surface area contributed by atoms with Gasteiger partial charge in [-0.2, -0.15) is 0 Å². The fourth-order valence-electron chi connectivity index (χ4n) is 5.22. The van der Waals surface area contributed by atoms with Gasteiger partial charge in [0.25, 0.3) is 5.91 Å². The highest BCUT2D eigenvalue weighted by Gasteiger charge is 2.42. The number of piperidine rings is 1. The molecular formula is C26H41N3O3. The molecule has 0 unspecified atom stereocenters. The van der Waals surface area contributed by atoms with E-state index in [4.69, 9.17) is 4.74 Å². The number of nitrogens with one attached hydrogen (secondary N) is 2. The molecule has 0 aromatic heterocycles. The van der Waals surface area contributed by atoms with Gasteiger partial charge >= 0.3 is 0 Å². The molecule has 2 fully saturated rings. The smallest absolute Gasteiger partial charge is 0.263 e. The first kappa shape index (κ1) is 24.6. The predicted octanol–water partition coefficient (Wildman–Crippen LogP) is 3.73. The normalized spacial score (nSPS) is 23.7. The molecular weight excluding hydrogens is 402 g/mol. The van der Waals surface area contributed by atoms with Crippen molar-refractivity contribution in [3.05, 3.63) is 29.3 Å². The molecule has 3 rings (SSSR count). The molecule has 2 aliphatic rings. The number of carbonyl (C=O) groups is 2. The van der Waals surface area contributed by atoms with Crippen molar-refractivity contribution in [2.24, 2.45) is 5.92 Å². The molecule has 2 N–H and O–H groups in total. The van der Waals surface area contributed by atoms with Gasteiger partial charge in [-0.3, -0.25) is 14.5 Å². The first-order chi connectivity index (χ1) is 14.8. The molecule has 2 aliphatic heterocycles. The molecule has 1 aromatic carbocycles. The molecule has 2 bridgehead atoms. The number of carbonyl (C=O) groups excluding carboxylic acids is 2. The van der Waals surface area contributed by atoms with Crippen LogP contribution < -0.4 is 15.4 Å². The lowest BCUT2D eigenvalue weighted by molar-refractivity contribution is -0.134. The maximum atomic E-state index is 12.9. The van der Waals surface area contributed by atoms with Crippen LogP contribution in [0.4, 0.5) is 0 Å². The maximum Gasteiger partial charge on any atom is 0.263 e. The average Bonchev–Trinajstić information content (AvgIpc) is 2.85. The Morgan fingerprint density at radius 3 is 2.09 bits per heavy atom. The van der Waals surface area contributed by atoms with Crippen molar-refractivity contribution in [3.63, 3.8) is 0 Å². The van der Waals surface area contributed by atoms with Crippen LogP contribution in [0.1, 0.15) is 71.4 Å². The maximum absolute atomic E-state index is 12.9. The summed E-state index contributed by atoms with van der Waals surface area (Å²) in [5, 5.41) is 6.21. The summed E-state index contributed by atoms with van der Waals surface area (Å²) in [5.74, 6) is 1.18. The third-order valence-corrected chi connectivity index (χ3v) is 6.49. The van der Waals surface area contributed by atoms with Crippen LogP contribution in [0.15, 0.2) is 18.2 Å². The molecule has 0 saturated carbocycles. The van der Waals surface area contributed by atoms with Gasteiger partial charge in [0, 0.05) is 24.2 Å². The zero-order chi connectivity index (χ0) is 23.7. The van der Waals surface area contributed by atoms with Gasteiger partial charge in [-0.05, 0) is 103 Å². The Morgan fingerprint density at radius 2 is 1.56 bits per heavy atom. The minimum atomic E-state index is -0.940. The van der Waals surface area contributed by atoms with Crippen LogP contribution >= 0.6 is 0 Å². The van der Waals surface area contributed by atoms with Crippen LogP contribution in [0.2, 0.25) is 0 Å². The van der Waals surface area contributed by atoms with E-state index in [1.54, 1.807) is 0 Å². The Balaban J connectivity index is 1.50.